The highest BCUT2D eigenvalue weighted by atomic mass is 19.3. The summed E-state index contributed by atoms with van der Waals surface area (Å²) in [7, 11) is 0. The molecule has 6 nitrogen and oxygen atoms in total. The van der Waals surface area contributed by atoms with Crippen molar-refractivity contribution < 1.29 is 23.0 Å². The highest BCUT2D eigenvalue weighted by Gasteiger charge is 2.19. The zero-order valence-corrected chi connectivity index (χ0v) is 19.6. The number of nitrogens with one attached hydrogen (secondary N) is 1. The number of anilines is 1. The number of rotatable bonds is 7. The fourth-order valence-corrected chi connectivity index (χ4v) is 3.47. The van der Waals surface area contributed by atoms with E-state index in [2.05, 4.69) is 23.0 Å². The van der Waals surface area contributed by atoms with E-state index in [0.717, 1.165) is 17.9 Å². The zero-order valence-electron chi connectivity index (χ0n) is 19.6. The average Bonchev–Trinajstić information content (AvgIpc) is 3.54. The number of nitrogens with zero attached hydrogens (tertiary/aromatic N) is 2. The summed E-state index contributed by atoms with van der Waals surface area (Å²) in [6.07, 6.45) is 3.17. The van der Waals surface area contributed by atoms with Crippen LogP contribution < -0.4 is 10.1 Å². The van der Waals surface area contributed by atoms with E-state index >= 15 is 0 Å². The van der Waals surface area contributed by atoms with Crippen LogP contribution in [-0.2, 0) is 11.3 Å². The van der Waals surface area contributed by atoms with Gasteiger partial charge in [-0.25, -0.2) is 4.79 Å². The molecule has 1 amide bonds. The first-order valence-corrected chi connectivity index (χ1v) is 11.4. The van der Waals surface area contributed by atoms with Crippen molar-refractivity contribution in [3.05, 3.63) is 48.0 Å². The highest BCUT2D eigenvalue weighted by molar-refractivity contribution is 5.95. The van der Waals surface area contributed by atoms with Crippen molar-refractivity contribution in [1.29, 1.82) is 5.26 Å². The maximum Gasteiger partial charge on any atom is 0.411 e. The smallest absolute Gasteiger partial charge is 0.411 e. The molecule has 8 heteroatoms. The van der Waals surface area contributed by atoms with Crippen LogP contribution in [0.25, 0.3) is 22.2 Å². The van der Waals surface area contributed by atoms with E-state index in [-0.39, 0.29) is 5.75 Å². The Morgan fingerprint density at radius 1 is 1.21 bits per heavy atom. The number of hydrogen-bond acceptors (Lipinski definition) is 4. The summed E-state index contributed by atoms with van der Waals surface area (Å²) in [6.45, 7) is 4.03. The number of amides is 1. The van der Waals surface area contributed by atoms with Crippen LogP contribution in [0.3, 0.4) is 0 Å². The molecule has 1 fully saturated rings. The Balaban J connectivity index is 0.000000732. The second-order valence-electron chi connectivity index (χ2n) is 8.16. The predicted molar refractivity (Wildman–Crippen MR) is 128 cm³/mol. The van der Waals surface area contributed by atoms with Gasteiger partial charge in [0, 0.05) is 23.7 Å². The van der Waals surface area contributed by atoms with E-state index in [9.17, 15) is 18.8 Å². The van der Waals surface area contributed by atoms with Crippen LogP contribution in [0.1, 0.15) is 45.6 Å². The quantitative estimate of drug-likeness (QED) is 0.398. The van der Waals surface area contributed by atoms with E-state index in [4.69, 9.17) is 4.74 Å². The van der Waals surface area contributed by atoms with Crippen LogP contribution in [0.4, 0.5) is 19.3 Å². The van der Waals surface area contributed by atoms with Gasteiger partial charge in [-0.05, 0) is 49.1 Å². The molecule has 0 aliphatic heterocycles. The summed E-state index contributed by atoms with van der Waals surface area (Å²) in [5, 5.41) is 13.1. The molecule has 1 saturated carbocycles. The maximum atomic E-state index is 12.6. The lowest BCUT2D eigenvalue weighted by Crippen LogP contribution is -2.13. The number of nitriles is 1. The molecule has 1 aliphatic rings. The van der Waals surface area contributed by atoms with Crippen molar-refractivity contribution in [2.24, 2.45) is 5.92 Å². The monoisotopic (exact) mass is 469 g/mol. The van der Waals surface area contributed by atoms with Crippen LogP contribution in [0, 0.1) is 17.2 Å². The number of hydrogen-bond donors (Lipinski definition) is 1. The molecule has 2 aromatic carbocycles. The summed E-state index contributed by atoms with van der Waals surface area (Å²) in [4.78, 5) is 11.7. The molecule has 0 atom stereocenters. The van der Waals surface area contributed by atoms with E-state index in [1.54, 1.807) is 30.3 Å². The molecule has 1 aliphatic carbocycles. The van der Waals surface area contributed by atoms with Gasteiger partial charge in [0.15, 0.2) is 0 Å². The van der Waals surface area contributed by atoms with Gasteiger partial charge in [0.25, 0.3) is 0 Å². The lowest BCUT2D eigenvalue weighted by Gasteiger charge is -2.11. The van der Waals surface area contributed by atoms with Crippen LogP contribution in [-0.4, -0.2) is 23.9 Å². The number of aryl methyl sites for hydroxylation is 1. The minimum atomic E-state index is -2.92. The van der Waals surface area contributed by atoms with Gasteiger partial charge >= 0.3 is 12.7 Å². The number of carbonyl (C=O) groups excluding carboxylic acids is 1. The number of fused-ring (bicyclic) bond motifs is 1. The Kier molecular flexibility index (Phi) is 8.47. The number of alkyl halides is 2. The standard InChI is InChI=1S/C22H21F2N3O3.C4H8/c1-3-11-29-22(28)26-15-7-5-14(6-8-15)20-18(13-25)17-10-9-16(30-21(23)24)12-19(17)27(20)4-2;1-4-2-3-4/h5-10,12,21H,3-4,11H2,1-2H3,(H,26,28);4H,2-3H2,1H3. The van der Waals surface area contributed by atoms with Crippen molar-refractivity contribution in [2.45, 2.75) is 53.2 Å². The van der Waals surface area contributed by atoms with E-state index in [1.165, 1.54) is 25.0 Å². The highest BCUT2D eigenvalue weighted by Crippen LogP contribution is 2.36. The van der Waals surface area contributed by atoms with Gasteiger partial charge in [0.2, 0.25) is 0 Å². The lowest BCUT2D eigenvalue weighted by atomic mass is 10.1. The van der Waals surface area contributed by atoms with Crippen molar-refractivity contribution in [3.63, 3.8) is 0 Å². The number of ether oxygens (including phenoxy) is 2. The SMILES string of the molecule is CC1CC1.CCCOC(=O)Nc1ccc(-c2c(C#N)c3ccc(OC(F)F)cc3n2CC)cc1. The number of carbonyl (C=O) groups is 1. The second-order valence-corrected chi connectivity index (χ2v) is 8.16. The molecule has 0 unspecified atom stereocenters. The van der Waals surface area contributed by atoms with Crippen LogP contribution in [0.15, 0.2) is 42.5 Å². The third-order valence-corrected chi connectivity index (χ3v) is 5.40. The van der Waals surface area contributed by atoms with Gasteiger partial charge in [-0.3, -0.25) is 5.32 Å². The summed E-state index contributed by atoms with van der Waals surface area (Å²) < 4.78 is 36.6. The first kappa shape index (κ1) is 25.0. The Bertz CT molecular complexity index is 1160. The summed E-state index contributed by atoms with van der Waals surface area (Å²) >= 11 is 0. The molecular weight excluding hydrogens is 440 g/mol. The predicted octanol–water partition coefficient (Wildman–Crippen LogP) is 7.18. The Labute approximate surface area is 198 Å². The topological polar surface area (TPSA) is 76.3 Å². The third kappa shape index (κ3) is 6.25. The number of benzene rings is 2. The van der Waals surface area contributed by atoms with E-state index < -0.39 is 12.7 Å². The minimum Gasteiger partial charge on any atom is -0.449 e. The maximum absolute atomic E-state index is 12.6. The number of aromatic nitrogens is 1. The fourth-order valence-electron chi connectivity index (χ4n) is 3.47. The molecule has 4 rings (SSSR count). The van der Waals surface area contributed by atoms with Gasteiger partial charge < -0.3 is 14.0 Å². The molecule has 34 heavy (non-hydrogen) atoms. The largest absolute Gasteiger partial charge is 0.449 e. The molecule has 1 aromatic heterocycles. The molecule has 1 N–H and O–H groups in total. The zero-order chi connectivity index (χ0) is 24.7. The molecular formula is C26H29F2N3O3. The summed E-state index contributed by atoms with van der Waals surface area (Å²) in [5.74, 6) is 1.12. The summed E-state index contributed by atoms with van der Waals surface area (Å²) in [5.41, 5.74) is 3.06. The first-order chi connectivity index (χ1) is 16.4. The Morgan fingerprint density at radius 3 is 2.41 bits per heavy atom. The first-order valence-electron chi connectivity index (χ1n) is 11.4. The lowest BCUT2D eigenvalue weighted by molar-refractivity contribution is -0.0497. The molecule has 0 bridgehead atoms. The van der Waals surface area contributed by atoms with Crippen LogP contribution in [0.5, 0.6) is 5.75 Å². The van der Waals surface area contributed by atoms with Crippen molar-refractivity contribution in [1.82, 2.24) is 4.57 Å². The van der Waals surface area contributed by atoms with Gasteiger partial charge in [-0.2, -0.15) is 14.0 Å². The Hall–Kier alpha value is -3.60. The van der Waals surface area contributed by atoms with Crippen LogP contribution in [0.2, 0.25) is 0 Å². The molecule has 3 aromatic rings. The van der Waals surface area contributed by atoms with E-state index in [1.807, 2.05) is 18.4 Å². The van der Waals surface area contributed by atoms with Gasteiger partial charge in [-0.15, -0.1) is 0 Å². The molecule has 0 spiro atoms. The molecule has 0 radical (unpaired) electrons. The van der Waals surface area contributed by atoms with Gasteiger partial charge in [0.1, 0.15) is 11.8 Å². The van der Waals surface area contributed by atoms with Crippen molar-refractivity contribution in [3.8, 4) is 23.1 Å². The van der Waals surface area contributed by atoms with Gasteiger partial charge in [-0.1, -0.05) is 38.8 Å². The average molecular weight is 470 g/mol. The molecule has 0 saturated heterocycles. The van der Waals surface area contributed by atoms with Crippen molar-refractivity contribution in [2.75, 3.05) is 11.9 Å². The van der Waals surface area contributed by atoms with Crippen LogP contribution >= 0.6 is 0 Å². The number of halogens is 2. The molecule has 180 valence electrons. The third-order valence-electron chi connectivity index (χ3n) is 5.40. The molecule has 1 heterocycles. The van der Waals surface area contributed by atoms with Crippen molar-refractivity contribution >= 4 is 22.7 Å². The van der Waals surface area contributed by atoms with Gasteiger partial charge in [0.05, 0.1) is 23.4 Å². The fraction of sp³-hybridized carbons (Fsp3) is 0.385. The van der Waals surface area contributed by atoms with E-state index in [0.29, 0.717) is 41.0 Å². The normalized spacial score (nSPS) is 12.6. The second kappa shape index (κ2) is 11.5. The minimum absolute atomic E-state index is 0.0332. The Morgan fingerprint density at radius 2 is 1.88 bits per heavy atom. The summed E-state index contributed by atoms with van der Waals surface area (Å²) in [6, 6.07) is 13.8.